The van der Waals surface area contributed by atoms with E-state index in [0.29, 0.717) is 0 Å². The van der Waals surface area contributed by atoms with Crippen LogP contribution in [0.5, 0.6) is 0 Å². The van der Waals surface area contributed by atoms with Crippen molar-refractivity contribution in [3.8, 4) is 0 Å². The summed E-state index contributed by atoms with van der Waals surface area (Å²) in [5, 5.41) is 17.9. The van der Waals surface area contributed by atoms with Gasteiger partial charge < -0.3 is 10.2 Å². The van der Waals surface area contributed by atoms with Crippen molar-refractivity contribution in [1.29, 1.82) is 0 Å². The van der Waals surface area contributed by atoms with Gasteiger partial charge in [-0.2, -0.15) is 0 Å². The highest BCUT2D eigenvalue weighted by Crippen LogP contribution is 2.31. The van der Waals surface area contributed by atoms with Gasteiger partial charge in [0.15, 0.2) is 0 Å². The minimum Gasteiger partial charge on any atom is -0.396 e. The molecule has 0 amide bonds. The number of rotatable bonds is 9. The molecule has 0 heterocycles. The minimum atomic E-state index is 0.150. The Morgan fingerprint density at radius 1 is 0.857 bits per heavy atom. The van der Waals surface area contributed by atoms with Crippen molar-refractivity contribution in [3.05, 3.63) is 0 Å². The van der Waals surface area contributed by atoms with E-state index in [9.17, 15) is 0 Å². The van der Waals surface area contributed by atoms with Crippen LogP contribution in [0, 0.1) is 5.41 Å². The molecule has 0 aromatic heterocycles. The van der Waals surface area contributed by atoms with Crippen molar-refractivity contribution in [3.63, 3.8) is 0 Å². The summed E-state index contributed by atoms with van der Waals surface area (Å²) >= 11 is 0. The summed E-state index contributed by atoms with van der Waals surface area (Å²) in [6, 6.07) is 0. The van der Waals surface area contributed by atoms with Crippen molar-refractivity contribution in [1.82, 2.24) is 0 Å². The molecule has 0 aromatic carbocycles. The van der Waals surface area contributed by atoms with Crippen LogP contribution in [0.1, 0.15) is 58.8 Å². The van der Waals surface area contributed by atoms with Gasteiger partial charge in [0.25, 0.3) is 0 Å². The Hall–Kier alpha value is -0.0800. The Kier molecular flexibility index (Phi) is 8.20. The molecule has 14 heavy (non-hydrogen) atoms. The molecule has 0 aliphatic heterocycles. The predicted molar refractivity (Wildman–Crippen MR) is 60.3 cm³/mol. The lowest BCUT2D eigenvalue weighted by molar-refractivity contribution is 0.137. The topological polar surface area (TPSA) is 40.5 Å². The van der Waals surface area contributed by atoms with E-state index in [4.69, 9.17) is 10.2 Å². The fourth-order valence-corrected chi connectivity index (χ4v) is 1.89. The highest BCUT2D eigenvalue weighted by molar-refractivity contribution is 4.73. The lowest BCUT2D eigenvalue weighted by Gasteiger charge is -2.28. The van der Waals surface area contributed by atoms with Crippen molar-refractivity contribution in [2.24, 2.45) is 5.41 Å². The molecule has 0 spiro atoms. The maximum Gasteiger partial charge on any atom is 0.0436 e. The van der Waals surface area contributed by atoms with Crippen molar-refractivity contribution >= 4 is 0 Å². The lowest BCUT2D eigenvalue weighted by Crippen LogP contribution is -2.19. The molecule has 0 aromatic rings. The maximum atomic E-state index is 8.95. The van der Waals surface area contributed by atoms with E-state index in [0.717, 1.165) is 19.3 Å². The van der Waals surface area contributed by atoms with Gasteiger partial charge in [-0.3, -0.25) is 0 Å². The summed E-state index contributed by atoms with van der Waals surface area (Å²) < 4.78 is 0. The predicted octanol–water partition coefficient (Wildman–Crippen LogP) is 2.73. The highest BCUT2D eigenvalue weighted by Gasteiger charge is 2.22. The van der Waals surface area contributed by atoms with Gasteiger partial charge in [-0.1, -0.05) is 39.5 Å². The molecule has 0 bridgehead atoms. The van der Waals surface area contributed by atoms with E-state index in [2.05, 4.69) is 13.8 Å². The maximum absolute atomic E-state index is 8.95. The van der Waals surface area contributed by atoms with Crippen LogP contribution >= 0.6 is 0 Å². The molecule has 2 heteroatoms. The number of hydrogen-bond donors (Lipinski definition) is 2. The van der Waals surface area contributed by atoms with E-state index < -0.39 is 0 Å². The van der Waals surface area contributed by atoms with Gasteiger partial charge in [0.1, 0.15) is 0 Å². The van der Waals surface area contributed by atoms with Gasteiger partial charge >= 0.3 is 0 Å². The molecule has 2 nitrogen and oxygen atoms in total. The average Bonchev–Trinajstić information content (AvgIpc) is 2.13. The Morgan fingerprint density at radius 2 is 1.43 bits per heavy atom. The molecular formula is C12H26O2. The average molecular weight is 202 g/mol. The van der Waals surface area contributed by atoms with Crippen molar-refractivity contribution in [2.45, 2.75) is 58.8 Å². The van der Waals surface area contributed by atoms with Crippen LogP contribution in [0.25, 0.3) is 0 Å². The van der Waals surface area contributed by atoms with Crippen LogP contribution in [0.4, 0.5) is 0 Å². The molecule has 2 N–H and O–H groups in total. The third-order valence-corrected chi connectivity index (χ3v) is 3.06. The monoisotopic (exact) mass is 202 g/mol. The third kappa shape index (κ3) is 6.39. The van der Waals surface area contributed by atoms with Crippen LogP contribution in [-0.2, 0) is 0 Å². The van der Waals surface area contributed by atoms with E-state index in [1.54, 1.807) is 0 Å². The van der Waals surface area contributed by atoms with Crippen LogP contribution in [0.2, 0.25) is 0 Å². The van der Waals surface area contributed by atoms with Crippen LogP contribution in [0.3, 0.4) is 0 Å². The summed E-state index contributed by atoms with van der Waals surface area (Å²) in [6.45, 7) is 4.86. The molecule has 0 radical (unpaired) electrons. The van der Waals surface area contributed by atoms with Crippen molar-refractivity contribution < 1.29 is 10.2 Å². The Balaban J connectivity index is 3.71. The molecular weight excluding hydrogens is 176 g/mol. The largest absolute Gasteiger partial charge is 0.396 e. The molecule has 0 atom stereocenters. The molecule has 0 fully saturated rings. The van der Waals surface area contributed by atoms with Crippen LogP contribution in [0.15, 0.2) is 0 Å². The summed E-state index contributed by atoms with van der Waals surface area (Å²) in [7, 11) is 0. The van der Waals surface area contributed by atoms with Gasteiger partial charge in [0.2, 0.25) is 0 Å². The summed E-state index contributed by atoms with van der Waals surface area (Å²) in [6.07, 6.45) is 7.84. The highest BCUT2D eigenvalue weighted by atomic mass is 16.3. The molecule has 0 rings (SSSR count). The number of hydrogen-bond acceptors (Lipinski definition) is 2. The quantitative estimate of drug-likeness (QED) is 0.564. The van der Waals surface area contributed by atoms with Gasteiger partial charge in [0.05, 0.1) is 0 Å². The smallest absolute Gasteiger partial charge is 0.0436 e. The third-order valence-electron chi connectivity index (χ3n) is 3.06. The van der Waals surface area contributed by atoms with Gasteiger partial charge in [-0.05, 0) is 24.7 Å². The van der Waals surface area contributed by atoms with E-state index >= 15 is 0 Å². The molecule has 0 saturated heterocycles. The van der Waals surface area contributed by atoms with Crippen LogP contribution < -0.4 is 0 Å². The number of aliphatic hydroxyl groups is 2. The second-order valence-electron chi connectivity index (χ2n) is 4.57. The van der Waals surface area contributed by atoms with Gasteiger partial charge in [-0.15, -0.1) is 0 Å². The Bertz CT molecular complexity index is 117. The molecule has 0 aliphatic carbocycles. The van der Waals surface area contributed by atoms with Crippen molar-refractivity contribution in [2.75, 3.05) is 13.2 Å². The summed E-state index contributed by atoms with van der Waals surface area (Å²) in [5.41, 5.74) is 0.150. The summed E-state index contributed by atoms with van der Waals surface area (Å²) in [4.78, 5) is 0. The fraction of sp³-hybridized carbons (Fsp3) is 1.00. The second kappa shape index (κ2) is 8.25. The Morgan fingerprint density at radius 3 is 1.86 bits per heavy atom. The molecule has 86 valence electrons. The first-order valence-electron chi connectivity index (χ1n) is 5.90. The zero-order chi connectivity index (χ0) is 10.9. The molecule has 0 aliphatic rings. The Labute approximate surface area is 88.3 Å². The second-order valence-corrected chi connectivity index (χ2v) is 4.57. The first-order chi connectivity index (χ1) is 6.68. The lowest BCUT2D eigenvalue weighted by atomic mass is 9.79. The minimum absolute atomic E-state index is 0.150. The SMILES string of the molecule is CCCCCCC(C)(CCO)CCO. The van der Waals surface area contributed by atoms with E-state index in [1.165, 1.54) is 25.7 Å². The van der Waals surface area contributed by atoms with E-state index in [-0.39, 0.29) is 18.6 Å². The zero-order valence-corrected chi connectivity index (χ0v) is 9.76. The molecule has 0 saturated carbocycles. The summed E-state index contributed by atoms with van der Waals surface area (Å²) in [5.74, 6) is 0. The molecule has 0 unspecified atom stereocenters. The first kappa shape index (κ1) is 13.9. The van der Waals surface area contributed by atoms with Crippen LogP contribution in [-0.4, -0.2) is 23.4 Å². The first-order valence-corrected chi connectivity index (χ1v) is 5.90. The zero-order valence-electron chi connectivity index (χ0n) is 9.76. The number of unbranched alkanes of at least 4 members (excludes halogenated alkanes) is 3. The van der Waals surface area contributed by atoms with E-state index in [1.807, 2.05) is 0 Å². The fourth-order valence-electron chi connectivity index (χ4n) is 1.89. The normalized spacial score (nSPS) is 12.0. The van der Waals surface area contributed by atoms with Gasteiger partial charge in [-0.25, -0.2) is 0 Å². The van der Waals surface area contributed by atoms with Gasteiger partial charge in [0, 0.05) is 13.2 Å². The number of aliphatic hydroxyl groups excluding tert-OH is 2. The standard InChI is InChI=1S/C12H26O2/c1-3-4-5-6-7-12(2,8-10-13)9-11-14/h13-14H,3-11H2,1-2H3.